The number of methoxy groups -OCH3 is 3. The van der Waals surface area contributed by atoms with E-state index in [9.17, 15) is 9.59 Å². The second-order valence-corrected chi connectivity index (χ2v) is 21.0. The lowest BCUT2D eigenvalue weighted by molar-refractivity contribution is -0.154. The van der Waals surface area contributed by atoms with E-state index < -0.39 is 49.9 Å². The highest BCUT2D eigenvalue weighted by Crippen LogP contribution is 2.37. The van der Waals surface area contributed by atoms with E-state index in [-0.39, 0.29) is 49.2 Å². The molecule has 0 N–H and O–H groups in total. The third-order valence-electron chi connectivity index (χ3n) is 9.00. The summed E-state index contributed by atoms with van der Waals surface area (Å²) in [6, 6.07) is 20.0. The minimum Gasteiger partial charge on any atom is -0.497 e. The first kappa shape index (κ1) is 45.2. The van der Waals surface area contributed by atoms with Crippen molar-refractivity contribution in [3.8, 4) is 17.2 Å². The molecule has 3 aromatic rings. The van der Waals surface area contributed by atoms with E-state index in [1.807, 2.05) is 31.2 Å². The van der Waals surface area contributed by atoms with Crippen LogP contribution in [0.25, 0.3) is 6.08 Å². The average Bonchev–Trinajstić information content (AvgIpc) is 3.50. The Morgan fingerprint density at radius 2 is 1.63 bits per heavy atom. The molecule has 0 bridgehead atoms. The molecule has 310 valence electrons. The number of ether oxygens (including phenoxy) is 9. The van der Waals surface area contributed by atoms with E-state index in [1.165, 1.54) is 20.3 Å². The first-order valence-corrected chi connectivity index (χ1v) is 22.7. The quantitative estimate of drug-likeness (QED) is 0.0583. The molecule has 0 amide bonds. The van der Waals surface area contributed by atoms with Gasteiger partial charge in [0.25, 0.3) is 0 Å². The number of rotatable bonds is 21. The predicted molar refractivity (Wildman–Crippen MR) is 218 cm³/mol. The fourth-order valence-corrected chi connectivity index (χ4v) is 6.64. The summed E-state index contributed by atoms with van der Waals surface area (Å²) in [5, 5.41) is 0. The molecule has 1 heterocycles. The number of carbonyl (C=O) groups is 2. The first-order chi connectivity index (χ1) is 27.1. The highest BCUT2D eigenvalue weighted by Gasteiger charge is 2.47. The summed E-state index contributed by atoms with van der Waals surface area (Å²) in [6.07, 6.45) is 1.63. The molecule has 3 aromatic carbocycles. The summed E-state index contributed by atoms with van der Waals surface area (Å²) >= 11 is 0. The third kappa shape index (κ3) is 14.1. The predicted octanol–water partition coefficient (Wildman–Crippen LogP) is 9.18. The van der Waals surface area contributed by atoms with Gasteiger partial charge in [0, 0.05) is 21.3 Å². The molecule has 4 atom stereocenters. The van der Waals surface area contributed by atoms with E-state index in [1.54, 1.807) is 75.6 Å². The van der Waals surface area contributed by atoms with E-state index in [0.717, 1.165) is 17.4 Å². The Labute approximate surface area is 337 Å². The molecule has 11 nitrogen and oxygen atoms in total. The average molecular weight is 809 g/mol. The summed E-state index contributed by atoms with van der Waals surface area (Å²) in [4.78, 5) is 27.0. The van der Waals surface area contributed by atoms with Gasteiger partial charge >= 0.3 is 11.9 Å². The smallest absolute Gasteiger partial charge is 0.342 e. The number of hydrogen-bond acceptors (Lipinski definition) is 11. The minimum atomic E-state index is -1.48. The van der Waals surface area contributed by atoms with E-state index in [4.69, 9.17) is 42.6 Å². The summed E-state index contributed by atoms with van der Waals surface area (Å²) in [6.45, 7) is 12.4. The van der Waals surface area contributed by atoms with Gasteiger partial charge in [-0.15, -0.1) is 0 Å². The summed E-state index contributed by atoms with van der Waals surface area (Å²) in [7, 11) is 3.12. The second kappa shape index (κ2) is 21.3. The number of halogens is 1. The van der Waals surface area contributed by atoms with Crippen LogP contribution in [0.2, 0.25) is 25.7 Å². The van der Waals surface area contributed by atoms with Gasteiger partial charge in [-0.25, -0.2) is 14.0 Å². The Kier molecular flexibility index (Phi) is 16.9. The van der Waals surface area contributed by atoms with Crippen molar-refractivity contribution < 1.29 is 56.6 Å². The maximum Gasteiger partial charge on any atom is 0.342 e. The van der Waals surface area contributed by atoms with Gasteiger partial charge in [-0.1, -0.05) is 62.1 Å². The minimum absolute atomic E-state index is 0.106. The van der Waals surface area contributed by atoms with Crippen molar-refractivity contribution in [1.29, 1.82) is 0 Å². The van der Waals surface area contributed by atoms with Crippen LogP contribution >= 0.6 is 0 Å². The van der Waals surface area contributed by atoms with Crippen molar-refractivity contribution in [1.82, 2.24) is 0 Å². The molecule has 1 aliphatic heterocycles. The molecule has 0 radical (unpaired) electrons. The van der Waals surface area contributed by atoms with Crippen LogP contribution in [-0.4, -0.2) is 84.9 Å². The fraction of sp³-hybridized carbons (Fsp3) is 0.455. The molecule has 1 fully saturated rings. The number of esters is 2. The number of benzene rings is 3. The second-order valence-electron chi connectivity index (χ2n) is 15.4. The summed E-state index contributed by atoms with van der Waals surface area (Å²) in [5.74, 6) is -1.69. The monoisotopic (exact) mass is 808 g/mol. The first-order valence-electron chi connectivity index (χ1n) is 19.0. The van der Waals surface area contributed by atoms with E-state index >= 15 is 4.39 Å². The zero-order chi connectivity index (χ0) is 41.6. The van der Waals surface area contributed by atoms with Gasteiger partial charge in [0.15, 0.2) is 18.7 Å². The van der Waals surface area contributed by atoms with Crippen LogP contribution in [0.4, 0.5) is 4.39 Å². The molecule has 57 heavy (non-hydrogen) atoms. The van der Waals surface area contributed by atoms with Crippen molar-refractivity contribution in [3.63, 3.8) is 0 Å². The Balaban J connectivity index is 1.60. The van der Waals surface area contributed by atoms with Gasteiger partial charge in [-0.3, -0.25) is 0 Å². The highest BCUT2D eigenvalue weighted by molar-refractivity contribution is 6.76. The lowest BCUT2D eigenvalue weighted by atomic mass is 10.0. The van der Waals surface area contributed by atoms with Crippen LogP contribution in [0.15, 0.2) is 84.7 Å². The van der Waals surface area contributed by atoms with Gasteiger partial charge in [-0.2, -0.15) is 0 Å². The van der Waals surface area contributed by atoms with Gasteiger partial charge in [-0.05, 0) is 87.2 Å². The van der Waals surface area contributed by atoms with E-state index in [0.29, 0.717) is 17.9 Å². The zero-order valence-electron chi connectivity index (χ0n) is 34.5. The normalized spacial score (nSPS) is 17.9. The van der Waals surface area contributed by atoms with Crippen LogP contribution in [0, 0.1) is 0 Å². The standard InChI is InChI=1S/C44H57FO11Si/c1-30(52-28-31-19-21-34(49-5)22-20-31)18-23-36(45)40(54-42(46)32-14-11-10-12-15-32)41-37(55-44(2,3)56-41)17-13-16-33-26-35(50-6)27-38(53-29-48-4)39(33)43(47)51-24-25-57(7,8)9/h10-16,19-23,26-27,30,37,40-41H,17-18,24-25,28-29H2,1-9H3/b16-13+,36-23+/t30?,37-,40?,41?/m0/s1. The third-order valence-corrected chi connectivity index (χ3v) is 10.7. The van der Waals surface area contributed by atoms with Crippen LogP contribution in [0.5, 0.6) is 17.2 Å². The van der Waals surface area contributed by atoms with Crippen molar-refractivity contribution in [2.24, 2.45) is 0 Å². The maximum atomic E-state index is 16.4. The van der Waals surface area contributed by atoms with Crippen molar-refractivity contribution >= 4 is 26.1 Å². The molecule has 0 aliphatic carbocycles. The maximum absolute atomic E-state index is 16.4. The van der Waals surface area contributed by atoms with Crippen LogP contribution < -0.4 is 14.2 Å². The summed E-state index contributed by atoms with van der Waals surface area (Å²) in [5.41, 5.74) is 1.87. The van der Waals surface area contributed by atoms with Gasteiger partial charge in [0.05, 0.1) is 45.2 Å². The number of carbonyl (C=O) groups excluding carboxylic acids is 2. The van der Waals surface area contributed by atoms with Crippen molar-refractivity contribution in [2.75, 3.05) is 34.7 Å². The molecule has 3 unspecified atom stereocenters. The van der Waals surface area contributed by atoms with Crippen LogP contribution in [0.1, 0.15) is 65.5 Å². The van der Waals surface area contributed by atoms with Gasteiger partial charge < -0.3 is 42.6 Å². The van der Waals surface area contributed by atoms with Crippen molar-refractivity contribution in [3.05, 3.63) is 107 Å². The highest BCUT2D eigenvalue weighted by atomic mass is 28.3. The Morgan fingerprint density at radius 1 is 0.930 bits per heavy atom. The van der Waals surface area contributed by atoms with Crippen molar-refractivity contribution in [2.45, 2.75) is 96.1 Å². The summed E-state index contributed by atoms with van der Waals surface area (Å²) < 4.78 is 68.2. The zero-order valence-corrected chi connectivity index (χ0v) is 35.5. The fourth-order valence-electron chi connectivity index (χ4n) is 5.93. The SMILES string of the molecule is COCOc1cc(OC)cc(/C=C/C[C@@H]2OC(C)(C)OC2C(OC(=O)c2ccccc2)/C(F)=C\CC(C)OCc2ccc(OC)cc2)c1C(=O)OCC[Si](C)(C)C. The number of hydrogen-bond donors (Lipinski definition) is 0. The molecule has 0 spiro atoms. The molecule has 1 aliphatic rings. The Hall–Kier alpha value is -4.53. The van der Waals surface area contributed by atoms with Crippen LogP contribution in [0.3, 0.4) is 0 Å². The Morgan fingerprint density at radius 3 is 2.28 bits per heavy atom. The van der Waals surface area contributed by atoms with E-state index in [2.05, 4.69) is 19.6 Å². The molecule has 0 aromatic heterocycles. The molecule has 4 rings (SSSR count). The molecule has 0 saturated carbocycles. The topological polar surface area (TPSA) is 117 Å². The van der Waals surface area contributed by atoms with Gasteiger partial charge in [0.1, 0.15) is 34.7 Å². The molecular weight excluding hydrogens is 752 g/mol. The van der Waals surface area contributed by atoms with Crippen LogP contribution in [-0.2, 0) is 35.0 Å². The molecule has 1 saturated heterocycles. The largest absolute Gasteiger partial charge is 0.497 e. The molecule has 13 heteroatoms. The lowest BCUT2D eigenvalue weighted by Crippen LogP contribution is -2.39. The lowest BCUT2D eigenvalue weighted by Gasteiger charge is -2.25. The molecular formula is C44H57FO11Si. The Bertz CT molecular complexity index is 1810. The van der Waals surface area contributed by atoms with Gasteiger partial charge in [0.2, 0.25) is 0 Å².